The van der Waals surface area contributed by atoms with Gasteiger partial charge in [-0.3, -0.25) is 0 Å². The Kier molecular flexibility index (Phi) is 10.8. The lowest BCUT2D eigenvalue weighted by atomic mass is 10.1. The van der Waals surface area contributed by atoms with Gasteiger partial charge in [-0.1, -0.05) is 55.5 Å². The number of aryl methyl sites for hydroxylation is 2. The Labute approximate surface area is 128 Å². The van der Waals surface area contributed by atoms with Crippen molar-refractivity contribution in [2.45, 2.75) is 27.2 Å². The fraction of sp³-hybridized carbons (Fsp3) is 0.263. The summed E-state index contributed by atoms with van der Waals surface area (Å²) in [6, 6.07) is 15.0. The van der Waals surface area contributed by atoms with Gasteiger partial charge in [0.05, 0.1) is 0 Å². The molecule has 2 aromatic rings. The molecule has 0 aliphatic heterocycles. The number of nitrogens with two attached hydrogens (primary N) is 1. The SMILES string of the molecule is C/C=C\c1ccccc1C.CCc1cccc(F)c1.CN. The van der Waals surface area contributed by atoms with Crippen molar-refractivity contribution in [2.24, 2.45) is 5.73 Å². The van der Waals surface area contributed by atoms with Crippen LogP contribution in [0.25, 0.3) is 6.08 Å². The molecule has 0 bridgehead atoms. The zero-order valence-corrected chi connectivity index (χ0v) is 13.4. The van der Waals surface area contributed by atoms with Crippen molar-refractivity contribution < 1.29 is 4.39 Å². The first kappa shape index (κ1) is 19.1. The first-order valence-electron chi connectivity index (χ1n) is 7.18. The van der Waals surface area contributed by atoms with Gasteiger partial charge in [-0.05, 0) is 56.1 Å². The highest BCUT2D eigenvalue weighted by molar-refractivity contribution is 5.52. The third-order valence-corrected chi connectivity index (χ3v) is 2.83. The molecular weight excluding hydrogens is 261 g/mol. The lowest BCUT2D eigenvalue weighted by molar-refractivity contribution is 0.625. The minimum atomic E-state index is -0.144. The molecule has 0 atom stereocenters. The van der Waals surface area contributed by atoms with Crippen molar-refractivity contribution in [2.75, 3.05) is 7.05 Å². The summed E-state index contributed by atoms with van der Waals surface area (Å²) in [4.78, 5) is 0. The highest BCUT2D eigenvalue weighted by Gasteiger charge is 1.89. The number of benzene rings is 2. The molecule has 21 heavy (non-hydrogen) atoms. The van der Waals surface area contributed by atoms with Crippen LogP contribution in [0.1, 0.15) is 30.5 Å². The van der Waals surface area contributed by atoms with Crippen LogP contribution in [0.4, 0.5) is 4.39 Å². The van der Waals surface area contributed by atoms with Gasteiger partial charge in [0.15, 0.2) is 0 Å². The monoisotopic (exact) mass is 287 g/mol. The van der Waals surface area contributed by atoms with E-state index in [0.717, 1.165) is 12.0 Å². The second-order valence-electron chi connectivity index (χ2n) is 4.34. The predicted molar refractivity (Wildman–Crippen MR) is 91.8 cm³/mol. The van der Waals surface area contributed by atoms with Gasteiger partial charge in [0.25, 0.3) is 0 Å². The smallest absolute Gasteiger partial charge is 0.123 e. The second-order valence-corrected chi connectivity index (χ2v) is 4.34. The molecule has 0 saturated heterocycles. The van der Waals surface area contributed by atoms with E-state index in [1.807, 2.05) is 19.9 Å². The molecule has 2 heteroatoms. The Morgan fingerprint density at radius 1 is 1.05 bits per heavy atom. The Bertz CT molecular complexity index is 533. The van der Waals surface area contributed by atoms with Crippen molar-refractivity contribution in [1.29, 1.82) is 0 Å². The van der Waals surface area contributed by atoms with Crippen molar-refractivity contribution in [3.63, 3.8) is 0 Å². The van der Waals surface area contributed by atoms with Crippen LogP contribution in [0.15, 0.2) is 54.6 Å². The van der Waals surface area contributed by atoms with Crippen LogP contribution in [0.5, 0.6) is 0 Å². The summed E-state index contributed by atoms with van der Waals surface area (Å²) in [5.74, 6) is -0.144. The molecule has 114 valence electrons. The Morgan fingerprint density at radius 3 is 2.19 bits per heavy atom. The lowest BCUT2D eigenvalue weighted by Crippen LogP contribution is -1.79. The van der Waals surface area contributed by atoms with Gasteiger partial charge >= 0.3 is 0 Å². The van der Waals surface area contributed by atoms with Crippen LogP contribution >= 0.6 is 0 Å². The van der Waals surface area contributed by atoms with Gasteiger partial charge in [-0.2, -0.15) is 0 Å². The fourth-order valence-electron chi connectivity index (χ4n) is 1.71. The van der Waals surface area contributed by atoms with Crippen LogP contribution in [-0.4, -0.2) is 7.05 Å². The van der Waals surface area contributed by atoms with E-state index in [0.29, 0.717) is 0 Å². The summed E-state index contributed by atoms with van der Waals surface area (Å²) in [5, 5.41) is 0. The molecule has 0 aromatic heterocycles. The van der Waals surface area contributed by atoms with E-state index >= 15 is 0 Å². The molecule has 0 fully saturated rings. The molecule has 2 N–H and O–H groups in total. The number of hydrogen-bond acceptors (Lipinski definition) is 1. The maximum Gasteiger partial charge on any atom is 0.123 e. The largest absolute Gasteiger partial charge is 0.333 e. The Balaban J connectivity index is 0.000000342. The molecule has 2 aromatic carbocycles. The molecule has 0 unspecified atom stereocenters. The van der Waals surface area contributed by atoms with E-state index in [9.17, 15) is 4.39 Å². The third-order valence-electron chi connectivity index (χ3n) is 2.83. The molecule has 0 saturated carbocycles. The molecule has 0 spiro atoms. The standard InChI is InChI=1S/C10H12.C8H9F.CH5N/c1-3-6-10-8-5-4-7-9(10)2;1-2-7-4-3-5-8(9)6-7;1-2/h3-8H,1-2H3;3-6H,2H2,1H3;2H2,1H3/b6-3-;;. The van der Waals surface area contributed by atoms with Gasteiger partial charge in [-0.25, -0.2) is 4.39 Å². The first-order valence-corrected chi connectivity index (χ1v) is 7.18. The highest BCUT2D eigenvalue weighted by atomic mass is 19.1. The van der Waals surface area contributed by atoms with Crippen molar-refractivity contribution in [1.82, 2.24) is 0 Å². The number of hydrogen-bond donors (Lipinski definition) is 1. The van der Waals surface area contributed by atoms with Crippen molar-refractivity contribution in [3.05, 3.63) is 77.1 Å². The van der Waals surface area contributed by atoms with Crippen molar-refractivity contribution in [3.8, 4) is 0 Å². The van der Waals surface area contributed by atoms with Crippen LogP contribution < -0.4 is 5.73 Å². The van der Waals surface area contributed by atoms with Gasteiger partial charge in [0.2, 0.25) is 0 Å². The van der Waals surface area contributed by atoms with Gasteiger partial charge in [0, 0.05) is 0 Å². The quantitative estimate of drug-likeness (QED) is 0.827. The lowest BCUT2D eigenvalue weighted by Gasteiger charge is -1.96. The van der Waals surface area contributed by atoms with Crippen LogP contribution in [0.3, 0.4) is 0 Å². The summed E-state index contributed by atoms with van der Waals surface area (Å²) < 4.78 is 12.4. The molecule has 2 rings (SSSR count). The minimum absolute atomic E-state index is 0.144. The third kappa shape index (κ3) is 8.05. The summed E-state index contributed by atoms with van der Waals surface area (Å²) in [5.41, 5.74) is 8.20. The topological polar surface area (TPSA) is 26.0 Å². The second kappa shape index (κ2) is 11.9. The number of rotatable bonds is 2. The minimum Gasteiger partial charge on any atom is -0.333 e. The number of allylic oxidation sites excluding steroid dienone is 1. The zero-order valence-electron chi connectivity index (χ0n) is 13.4. The van der Waals surface area contributed by atoms with Gasteiger partial charge < -0.3 is 5.73 Å². The maximum absolute atomic E-state index is 12.4. The molecule has 0 aliphatic carbocycles. The van der Waals surface area contributed by atoms with E-state index < -0.39 is 0 Å². The summed E-state index contributed by atoms with van der Waals surface area (Å²) in [7, 11) is 1.50. The Morgan fingerprint density at radius 2 is 1.71 bits per heavy atom. The van der Waals surface area contributed by atoms with Crippen LogP contribution in [0.2, 0.25) is 0 Å². The van der Waals surface area contributed by atoms with Gasteiger partial charge in [-0.15, -0.1) is 0 Å². The van der Waals surface area contributed by atoms with Crippen molar-refractivity contribution >= 4 is 6.08 Å². The summed E-state index contributed by atoms with van der Waals surface area (Å²) >= 11 is 0. The molecular formula is C19H26FN. The van der Waals surface area contributed by atoms with Crippen LogP contribution in [-0.2, 0) is 6.42 Å². The van der Waals surface area contributed by atoms with E-state index in [2.05, 4.69) is 49.1 Å². The van der Waals surface area contributed by atoms with Gasteiger partial charge in [0.1, 0.15) is 5.82 Å². The molecule has 0 amide bonds. The Hall–Kier alpha value is -1.93. The number of halogens is 1. The highest BCUT2D eigenvalue weighted by Crippen LogP contribution is 2.07. The molecule has 0 aliphatic rings. The molecule has 0 radical (unpaired) electrons. The fourth-order valence-corrected chi connectivity index (χ4v) is 1.71. The van der Waals surface area contributed by atoms with Crippen LogP contribution in [0, 0.1) is 12.7 Å². The van der Waals surface area contributed by atoms with E-state index in [-0.39, 0.29) is 5.82 Å². The average molecular weight is 287 g/mol. The molecule has 1 nitrogen and oxygen atoms in total. The average Bonchev–Trinajstić information content (AvgIpc) is 2.52. The predicted octanol–water partition coefficient (Wildman–Crippen LogP) is 4.99. The zero-order chi connectivity index (χ0) is 16.1. The van der Waals surface area contributed by atoms with E-state index in [4.69, 9.17) is 0 Å². The molecule has 0 heterocycles. The van der Waals surface area contributed by atoms with E-state index in [1.165, 1.54) is 24.2 Å². The normalized spacial score (nSPS) is 9.43. The first-order chi connectivity index (χ1) is 10.2. The summed E-state index contributed by atoms with van der Waals surface area (Å²) in [6.07, 6.45) is 5.08. The summed E-state index contributed by atoms with van der Waals surface area (Å²) in [6.45, 7) is 6.16. The maximum atomic E-state index is 12.4. The van der Waals surface area contributed by atoms with E-state index in [1.54, 1.807) is 12.1 Å².